The molecule has 0 bridgehead atoms. The second kappa shape index (κ2) is 3.60. The Morgan fingerprint density at radius 2 is 1.83 bits per heavy atom. The predicted molar refractivity (Wildman–Crippen MR) is 50.1 cm³/mol. The van der Waals surface area contributed by atoms with E-state index in [0.717, 1.165) is 5.56 Å². The highest BCUT2D eigenvalue weighted by Crippen LogP contribution is 2.10. The third-order valence-corrected chi connectivity index (χ3v) is 1.79. The van der Waals surface area contributed by atoms with Gasteiger partial charge in [-0.05, 0) is 17.7 Å². The molecule has 1 atom stereocenters. The molecule has 0 spiro atoms. The van der Waals surface area contributed by atoms with Gasteiger partial charge in [-0.3, -0.25) is 0 Å². The molecule has 0 amide bonds. The van der Waals surface area contributed by atoms with Crippen LogP contribution in [0.2, 0.25) is 0 Å². The largest absolute Gasteiger partial charge is 0.392 e. The lowest BCUT2D eigenvalue weighted by atomic mass is 10.1. The lowest BCUT2D eigenvalue weighted by Crippen LogP contribution is -2.26. The van der Waals surface area contributed by atoms with Crippen LogP contribution in [0.5, 0.6) is 0 Å². The average molecular weight is 184 g/mol. The van der Waals surface area contributed by atoms with Crippen LogP contribution in [0.1, 0.15) is 11.6 Å². The summed E-state index contributed by atoms with van der Waals surface area (Å²) in [5, 5.41) is 0. The molecule has 0 unspecified atom stereocenters. The van der Waals surface area contributed by atoms with Gasteiger partial charge in [0.2, 0.25) is 0 Å². The van der Waals surface area contributed by atoms with E-state index in [1.54, 1.807) is 12.1 Å². The van der Waals surface area contributed by atoms with Gasteiger partial charge in [0, 0.05) is 0 Å². The lowest BCUT2D eigenvalue weighted by Gasteiger charge is -2.08. The smallest absolute Gasteiger partial charge is 0.123 e. The summed E-state index contributed by atoms with van der Waals surface area (Å²) in [6, 6.07) is 5.31. The molecule has 0 heterocycles. The zero-order valence-electron chi connectivity index (χ0n) is 6.33. The van der Waals surface area contributed by atoms with Crippen LogP contribution >= 0.6 is 12.2 Å². The minimum Gasteiger partial charge on any atom is -0.392 e. The quantitative estimate of drug-likeness (QED) is 0.677. The van der Waals surface area contributed by atoms with Crippen molar-refractivity contribution in [3.63, 3.8) is 0 Å². The van der Waals surface area contributed by atoms with Crippen molar-refractivity contribution in [1.29, 1.82) is 0 Å². The van der Waals surface area contributed by atoms with Crippen LogP contribution in [0.25, 0.3) is 0 Å². The molecular formula is C8H9FN2S. The first-order valence-electron chi connectivity index (χ1n) is 3.41. The van der Waals surface area contributed by atoms with Crippen LogP contribution in [0.15, 0.2) is 24.3 Å². The van der Waals surface area contributed by atoms with Gasteiger partial charge in [0.15, 0.2) is 0 Å². The molecule has 0 aromatic heterocycles. The highest BCUT2D eigenvalue weighted by Gasteiger charge is 2.07. The summed E-state index contributed by atoms with van der Waals surface area (Å²) < 4.78 is 12.4. The molecule has 0 aliphatic rings. The van der Waals surface area contributed by atoms with Crippen molar-refractivity contribution in [3.05, 3.63) is 35.6 Å². The van der Waals surface area contributed by atoms with Gasteiger partial charge in [-0.1, -0.05) is 24.4 Å². The van der Waals surface area contributed by atoms with Gasteiger partial charge in [-0.2, -0.15) is 0 Å². The fourth-order valence-corrected chi connectivity index (χ4v) is 0.970. The van der Waals surface area contributed by atoms with E-state index >= 15 is 0 Å². The van der Waals surface area contributed by atoms with E-state index in [9.17, 15) is 4.39 Å². The summed E-state index contributed by atoms with van der Waals surface area (Å²) in [4.78, 5) is 0.210. The van der Waals surface area contributed by atoms with Crippen molar-refractivity contribution in [2.24, 2.45) is 11.5 Å². The molecule has 0 aliphatic heterocycles. The van der Waals surface area contributed by atoms with Gasteiger partial charge in [-0.15, -0.1) is 0 Å². The first-order chi connectivity index (χ1) is 5.61. The standard InChI is InChI=1S/C8H9FN2S/c9-6-3-1-5(2-4-6)7(10)8(11)12/h1-4,7H,10H2,(H2,11,12)/t7-/m1/s1. The van der Waals surface area contributed by atoms with E-state index < -0.39 is 6.04 Å². The summed E-state index contributed by atoms with van der Waals surface area (Å²) in [6.45, 7) is 0. The SMILES string of the molecule is NC(=S)[C@H](N)c1ccc(F)cc1. The van der Waals surface area contributed by atoms with Gasteiger partial charge < -0.3 is 11.5 Å². The molecule has 64 valence electrons. The van der Waals surface area contributed by atoms with Crippen molar-refractivity contribution in [3.8, 4) is 0 Å². The molecule has 4 N–H and O–H groups in total. The number of benzene rings is 1. The van der Waals surface area contributed by atoms with Crippen LogP contribution < -0.4 is 11.5 Å². The molecular weight excluding hydrogens is 175 g/mol. The monoisotopic (exact) mass is 184 g/mol. The van der Waals surface area contributed by atoms with Gasteiger partial charge >= 0.3 is 0 Å². The molecule has 0 saturated heterocycles. The molecule has 2 nitrogen and oxygen atoms in total. The van der Waals surface area contributed by atoms with E-state index in [1.807, 2.05) is 0 Å². The molecule has 0 radical (unpaired) electrons. The maximum atomic E-state index is 12.4. The Kier molecular flexibility index (Phi) is 2.73. The lowest BCUT2D eigenvalue weighted by molar-refractivity contribution is 0.626. The summed E-state index contributed by atoms with van der Waals surface area (Å²) in [5.41, 5.74) is 11.6. The molecule has 0 saturated carbocycles. The first kappa shape index (κ1) is 9.09. The first-order valence-corrected chi connectivity index (χ1v) is 3.82. The van der Waals surface area contributed by atoms with E-state index in [-0.39, 0.29) is 10.8 Å². The molecule has 1 aromatic rings. The predicted octanol–water partition coefficient (Wildman–Crippen LogP) is 1.11. The summed E-state index contributed by atoms with van der Waals surface area (Å²) >= 11 is 4.69. The molecule has 0 aliphatic carbocycles. The van der Waals surface area contributed by atoms with Crippen LogP contribution in [0.3, 0.4) is 0 Å². The van der Waals surface area contributed by atoms with Crippen LogP contribution in [-0.2, 0) is 0 Å². The van der Waals surface area contributed by atoms with Crippen molar-refractivity contribution in [1.82, 2.24) is 0 Å². The Balaban J connectivity index is 2.89. The van der Waals surface area contributed by atoms with Crippen LogP contribution in [0.4, 0.5) is 4.39 Å². The Morgan fingerprint density at radius 3 is 2.25 bits per heavy atom. The van der Waals surface area contributed by atoms with Crippen molar-refractivity contribution in [2.45, 2.75) is 6.04 Å². The number of nitrogens with two attached hydrogens (primary N) is 2. The second-order valence-electron chi connectivity index (χ2n) is 2.43. The number of halogens is 1. The number of thiocarbonyl (C=S) groups is 1. The molecule has 4 heteroatoms. The van der Waals surface area contributed by atoms with Crippen molar-refractivity contribution >= 4 is 17.2 Å². The third-order valence-electron chi connectivity index (χ3n) is 1.54. The van der Waals surface area contributed by atoms with Gasteiger partial charge in [0.25, 0.3) is 0 Å². The Hall–Kier alpha value is -1.00. The highest BCUT2D eigenvalue weighted by molar-refractivity contribution is 7.80. The van der Waals surface area contributed by atoms with Crippen LogP contribution in [-0.4, -0.2) is 4.99 Å². The molecule has 0 fully saturated rings. The molecule has 12 heavy (non-hydrogen) atoms. The summed E-state index contributed by atoms with van der Waals surface area (Å²) in [6.07, 6.45) is 0. The van der Waals surface area contributed by atoms with Gasteiger partial charge in [0.05, 0.1) is 11.0 Å². The third kappa shape index (κ3) is 1.99. The van der Waals surface area contributed by atoms with E-state index in [2.05, 4.69) is 0 Å². The fourth-order valence-electron chi connectivity index (χ4n) is 0.834. The molecule has 1 aromatic carbocycles. The minimum absolute atomic E-state index is 0.210. The van der Waals surface area contributed by atoms with E-state index in [4.69, 9.17) is 23.7 Å². The van der Waals surface area contributed by atoms with E-state index in [1.165, 1.54) is 12.1 Å². The average Bonchev–Trinajstić information content (AvgIpc) is 2.04. The zero-order valence-corrected chi connectivity index (χ0v) is 7.14. The van der Waals surface area contributed by atoms with Crippen LogP contribution in [0, 0.1) is 5.82 Å². The Labute approximate surface area is 75.4 Å². The van der Waals surface area contributed by atoms with Crippen molar-refractivity contribution in [2.75, 3.05) is 0 Å². The number of hydrogen-bond acceptors (Lipinski definition) is 2. The number of hydrogen-bond donors (Lipinski definition) is 2. The topological polar surface area (TPSA) is 52.0 Å². The summed E-state index contributed by atoms with van der Waals surface area (Å²) in [5.74, 6) is -0.297. The van der Waals surface area contributed by atoms with Gasteiger partial charge in [0.1, 0.15) is 5.82 Å². The Morgan fingerprint density at radius 1 is 1.33 bits per heavy atom. The van der Waals surface area contributed by atoms with E-state index in [0.29, 0.717) is 0 Å². The van der Waals surface area contributed by atoms with Crippen molar-refractivity contribution < 1.29 is 4.39 Å². The summed E-state index contributed by atoms with van der Waals surface area (Å²) in [7, 11) is 0. The maximum Gasteiger partial charge on any atom is 0.123 e. The molecule has 1 rings (SSSR count). The number of rotatable bonds is 2. The van der Waals surface area contributed by atoms with Gasteiger partial charge in [-0.25, -0.2) is 4.39 Å². The fraction of sp³-hybridized carbons (Fsp3) is 0.125. The second-order valence-corrected chi connectivity index (χ2v) is 2.90. The minimum atomic E-state index is -0.486. The Bertz CT molecular complexity index is 284. The normalized spacial score (nSPS) is 12.5. The maximum absolute atomic E-state index is 12.4. The highest BCUT2D eigenvalue weighted by atomic mass is 32.1. The zero-order chi connectivity index (χ0) is 9.14.